The molecule has 0 saturated heterocycles. The molecule has 1 amide bonds. The molecule has 8 heteroatoms. The second-order valence-corrected chi connectivity index (χ2v) is 5.62. The van der Waals surface area contributed by atoms with Crippen LogP contribution in [0.25, 0.3) is 22.6 Å². The van der Waals surface area contributed by atoms with E-state index in [1.807, 2.05) is 24.3 Å². The lowest BCUT2D eigenvalue weighted by Crippen LogP contribution is -2.12. The monoisotopic (exact) mass is 365 g/mol. The van der Waals surface area contributed by atoms with Gasteiger partial charge in [-0.25, -0.2) is 0 Å². The van der Waals surface area contributed by atoms with Crippen LogP contribution in [0.1, 0.15) is 10.4 Å². The molecule has 0 fully saturated rings. The smallest absolute Gasteiger partial charge is 0.322 e. The predicted molar refractivity (Wildman–Crippen MR) is 97.0 cm³/mol. The summed E-state index contributed by atoms with van der Waals surface area (Å²) in [6.07, 6.45) is 0. The standard InChI is InChI=1S/C19H15N3O5/c1-24-13-7-12(8-14(10-13)25-2)17(23)20-19-22-21-18(27-19)16-9-11-5-3-4-6-15(11)26-16/h3-10H,1-2H3,(H,20,22,23). The molecule has 0 aliphatic heterocycles. The number of furan rings is 1. The molecule has 2 heterocycles. The minimum Gasteiger partial charge on any atom is -0.497 e. The Morgan fingerprint density at radius 2 is 1.70 bits per heavy atom. The third-order valence-corrected chi connectivity index (χ3v) is 3.90. The largest absolute Gasteiger partial charge is 0.497 e. The number of hydrogen-bond donors (Lipinski definition) is 1. The Balaban J connectivity index is 1.56. The fourth-order valence-corrected chi connectivity index (χ4v) is 2.57. The van der Waals surface area contributed by atoms with Crippen LogP contribution in [0, 0.1) is 0 Å². The summed E-state index contributed by atoms with van der Waals surface area (Å²) < 4.78 is 21.5. The Bertz CT molecular complexity index is 1060. The fourth-order valence-electron chi connectivity index (χ4n) is 2.57. The predicted octanol–water partition coefficient (Wildman–Crippen LogP) is 3.75. The molecule has 2 aromatic carbocycles. The first-order chi connectivity index (χ1) is 13.2. The van der Waals surface area contributed by atoms with Crippen molar-refractivity contribution >= 4 is 22.9 Å². The van der Waals surface area contributed by atoms with Crippen molar-refractivity contribution in [3.05, 3.63) is 54.1 Å². The van der Waals surface area contributed by atoms with Crippen LogP contribution >= 0.6 is 0 Å². The summed E-state index contributed by atoms with van der Waals surface area (Å²) in [4.78, 5) is 12.5. The molecule has 27 heavy (non-hydrogen) atoms. The zero-order valence-corrected chi connectivity index (χ0v) is 14.6. The van der Waals surface area contributed by atoms with Gasteiger partial charge in [-0.1, -0.05) is 23.3 Å². The first kappa shape index (κ1) is 16.6. The van der Waals surface area contributed by atoms with Crippen LogP contribution < -0.4 is 14.8 Å². The summed E-state index contributed by atoms with van der Waals surface area (Å²) in [5, 5.41) is 11.2. The number of carbonyl (C=O) groups is 1. The van der Waals surface area contributed by atoms with Gasteiger partial charge in [-0.2, -0.15) is 0 Å². The van der Waals surface area contributed by atoms with Gasteiger partial charge in [-0.15, -0.1) is 5.10 Å². The second-order valence-electron chi connectivity index (χ2n) is 5.62. The van der Waals surface area contributed by atoms with E-state index in [9.17, 15) is 4.79 Å². The van der Waals surface area contributed by atoms with Crippen molar-refractivity contribution in [2.75, 3.05) is 19.5 Å². The molecule has 136 valence electrons. The number of para-hydroxylation sites is 1. The number of anilines is 1. The number of nitrogens with one attached hydrogen (secondary N) is 1. The van der Waals surface area contributed by atoms with Crippen molar-refractivity contribution < 1.29 is 23.1 Å². The molecule has 0 saturated carbocycles. The number of amides is 1. The van der Waals surface area contributed by atoms with Crippen molar-refractivity contribution in [2.24, 2.45) is 0 Å². The van der Waals surface area contributed by atoms with Gasteiger partial charge in [0.05, 0.1) is 14.2 Å². The number of carbonyl (C=O) groups excluding carboxylic acids is 1. The van der Waals surface area contributed by atoms with Crippen LogP contribution in [-0.4, -0.2) is 30.3 Å². The maximum absolute atomic E-state index is 12.5. The number of ether oxygens (including phenoxy) is 2. The lowest BCUT2D eigenvalue weighted by molar-refractivity contribution is 0.102. The number of fused-ring (bicyclic) bond motifs is 1. The number of methoxy groups -OCH3 is 2. The Morgan fingerprint density at radius 3 is 2.41 bits per heavy atom. The van der Waals surface area contributed by atoms with Gasteiger partial charge < -0.3 is 18.3 Å². The lowest BCUT2D eigenvalue weighted by atomic mass is 10.2. The number of aromatic nitrogens is 2. The van der Waals surface area contributed by atoms with Crippen LogP contribution in [0.3, 0.4) is 0 Å². The summed E-state index contributed by atoms with van der Waals surface area (Å²) in [6.45, 7) is 0. The molecule has 0 spiro atoms. The average Bonchev–Trinajstić information content (AvgIpc) is 3.34. The normalized spacial score (nSPS) is 10.7. The van der Waals surface area contributed by atoms with Gasteiger partial charge in [0.15, 0.2) is 5.76 Å². The van der Waals surface area contributed by atoms with E-state index >= 15 is 0 Å². The van der Waals surface area contributed by atoms with Gasteiger partial charge in [0.25, 0.3) is 11.8 Å². The first-order valence-corrected chi connectivity index (χ1v) is 8.03. The van der Waals surface area contributed by atoms with E-state index in [-0.39, 0.29) is 11.9 Å². The van der Waals surface area contributed by atoms with E-state index < -0.39 is 5.91 Å². The molecule has 1 N–H and O–H groups in total. The lowest BCUT2D eigenvalue weighted by Gasteiger charge is -2.07. The summed E-state index contributed by atoms with van der Waals surface area (Å²) in [7, 11) is 3.02. The maximum atomic E-state index is 12.5. The number of hydrogen-bond acceptors (Lipinski definition) is 7. The van der Waals surface area contributed by atoms with Gasteiger partial charge in [-0.3, -0.25) is 10.1 Å². The van der Waals surface area contributed by atoms with Crippen molar-refractivity contribution in [1.82, 2.24) is 10.2 Å². The van der Waals surface area contributed by atoms with Crippen molar-refractivity contribution in [3.63, 3.8) is 0 Å². The van der Waals surface area contributed by atoms with Gasteiger partial charge in [0.2, 0.25) is 0 Å². The number of benzene rings is 2. The Kier molecular flexibility index (Phi) is 4.21. The number of rotatable bonds is 5. The fraction of sp³-hybridized carbons (Fsp3) is 0.105. The molecule has 0 bridgehead atoms. The van der Waals surface area contributed by atoms with Crippen LogP contribution in [-0.2, 0) is 0 Å². The molecular formula is C19H15N3O5. The van der Waals surface area contributed by atoms with Crippen LogP contribution in [0.5, 0.6) is 11.5 Å². The Morgan fingerprint density at radius 1 is 0.963 bits per heavy atom. The third-order valence-electron chi connectivity index (χ3n) is 3.90. The van der Waals surface area contributed by atoms with Gasteiger partial charge in [-0.05, 0) is 24.3 Å². The van der Waals surface area contributed by atoms with Crippen LogP contribution in [0.2, 0.25) is 0 Å². The molecule has 0 unspecified atom stereocenters. The van der Waals surface area contributed by atoms with Crippen molar-refractivity contribution in [1.29, 1.82) is 0 Å². The van der Waals surface area contributed by atoms with E-state index in [4.69, 9.17) is 18.3 Å². The first-order valence-electron chi connectivity index (χ1n) is 8.03. The summed E-state index contributed by atoms with van der Waals surface area (Å²) in [6, 6.07) is 14.1. The highest BCUT2D eigenvalue weighted by atomic mass is 16.5. The van der Waals surface area contributed by atoms with Crippen molar-refractivity contribution in [2.45, 2.75) is 0 Å². The quantitative estimate of drug-likeness (QED) is 0.575. The molecule has 0 radical (unpaired) electrons. The van der Waals surface area contributed by atoms with E-state index in [1.54, 1.807) is 24.3 Å². The van der Waals surface area contributed by atoms with Gasteiger partial charge in [0.1, 0.15) is 17.1 Å². The van der Waals surface area contributed by atoms with E-state index in [1.165, 1.54) is 14.2 Å². The Hall–Kier alpha value is -3.81. The Labute approximate surface area is 153 Å². The zero-order valence-electron chi connectivity index (χ0n) is 14.6. The summed E-state index contributed by atoms with van der Waals surface area (Å²) in [5.41, 5.74) is 1.04. The molecule has 4 rings (SSSR count). The van der Waals surface area contributed by atoms with Crippen LogP contribution in [0.4, 0.5) is 6.01 Å². The highest BCUT2D eigenvalue weighted by molar-refractivity contribution is 6.03. The SMILES string of the molecule is COc1cc(OC)cc(C(=O)Nc2nnc(-c3cc4ccccc4o3)o2)c1. The molecule has 4 aromatic rings. The molecule has 0 atom stereocenters. The highest BCUT2D eigenvalue weighted by Crippen LogP contribution is 2.28. The topological polar surface area (TPSA) is 99.6 Å². The second kappa shape index (κ2) is 6.83. The summed E-state index contributed by atoms with van der Waals surface area (Å²) in [5.74, 6) is 1.14. The van der Waals surface area contributed by atoms with Crippen LogP contribution in [0.15, 0.2) is 57.4 Å². The number of nitrogens with zero attached hydrogens (tertiary/aromatic N) is 2. The van der Waals surface area contributed by atoms with Gasteiger partial charge in [0, 0.05) is 17.0 Å². The minimum atomic E-state index is -0.438. The molecular weight excluding hydrogens is 350 g/mol. The average molecular weight is 365 g/mol. The van der Waals surface area contributed by atoms with Crippen molar-refractivity contribution in [3.8, 4) is 23.1 Å². The molecule has 0 aliphatic rings. The molecule has 8 nitrogen and oxygen atoms in total. The third kappa shape index (κ3) is 3.32. The maximum Gasteiger partial charge on any atom is 0.322 e. The van der Waals surface area contributed by atoms with Gasteiger partial charge >= 0.3 is 6.01 Å². The summed E-state index contributed by atoms with van der Waals surface area (Å²) >= 11 is 0. The van der Waals surface area contributed by atoms with E-state index in [0.29, 0.717) is 28.4 Å². The van der Waals surface area contributed by atoms with E-state index in [0.717, 1.165) is 5.39 Å². The zero-order chi connectivity index (χ0) is 18.8. The highest BCUT2D eigenvalue weighted by Gasteiger charge is 2.17. The minimum absolute atomic E-state index is 0.0442. The van der Waals surface area contributed by atoms with E-state index in [2.05, 4.69) is 15.5 Å². The molecule has 2 aromatic heterocycles. The molecule has 0 aliphatic carbocycles.